The Morgan fingerprint density at radius 1 is 0.977 bits per heavy atom. The summed E-state index contributed by atoms with van der Waals surface area (Å²) in [5.41, 5.74) is 1.23. The number of carbonyl (C=O) groups excluding carboxylic acids is 2. The molecule has 0 saturated heterocycles. The summed E-state index contributed by atoms with van der Waals surface area (Å²) in [7, 11) is 1.78. The largest absolute Gasteiger partial charge is 0.456 e. The molecule has 1 unspecified atom stereocenters. The van der Waals surface area contributed by atoms with Crippen molar-refractivity contribution in [1.29, 1.82) is 5.26 Å². The van der Waals surface area contributed by atoms with Gasteiger partial charge in [-0.3, -0.25) is 4.79 Å². The predicted octanol–water partition coefficient (Wildman–Crippen LogP) is 7.03. The number of fused-ring (bicyclic) bond motifs is 6. The molecule has 2 heterocycles. The minimum atomic E-state index is -4.50. The SMILES string of the molecule is CN(CC=C(C#N)OC=O)c1ccc2c(c1)Oc1ccc(Nc3cccc(C(F)(F)F)c3)cc1C21OC(=O)c2ccccc21. The first-order valence-corrected chi connectivity index (χ1v) is 13.3. The lowest BCUT2D eigenvalue weighted by Gasteiger charge is -2.37. The maximum atomic E-state index is 13.3. The third-order valence-electron chi connectivity index (χ3n) is 7.45. The maximum absolute atomic E-state index is 13.3. The molecule has 11 heteroatoms. The van der Waals surface area contributed by atoms with Crippen LogP contribution in [0.15, 0.2) is 96.8 Å². The quantitative estimate of drug-likeness (QED) is 0.105. The fraction of sp³-hybridized carbons (Fsp3) is 0.121. The molecule has 1 N–H and O–H groups in total. The topological polar surface area (TPSA) is 101 Å². The Morgan fingerprint density at radius 2 is 1.77 bits per heavy atom. The molecule has 4 aromatic carbocycles. The van der Waals surface area contributed by atoms with Crippen LogP contribution in [0.3, 0.4) is 0 Å². The van der Waals surface area contributed by atoms with Crippen LogP contribution in [-0.2, 0) is 26.0 Å². The number of allylic oxidation sites excluding steroid dienone is 1. The molecule has 0 aromatic heterocycles. The van der Waals surface area contributed by atoms with Gasteiger partial charge in [-0.1, -0.05) is 24.3 Å². The zero-order chi connectivity index (χ0) is 31.1. The van der Waals surface area contributed by atoms with Gasteiger partial charge in [-0.05, 0) is 60.7 Å². The molecule has 2 aliphatic heterocycles. The first-order valence-electron chi connectivity index (χ1n) is 13.3. The van der Waals surface area contributed by atoms with Crippen LogP contribution in [0.4, 0.5) is 30.2 Å². The maximum Gasteiger partial charge on any atom is 0.416 e. The number of rotatable bonds is 7. The Morgan fingerprint density at radius 3 is 2.55 bits per heavy atom. The average Bonchev–Trinajstić information content (AvgIpc) is 3.31. The zero-order valence-electron chi connectivity index (χ0n) is 23.0. The molecule has 2 aliphatic rings. The molecule has 1 spiro atoms. The van der Waals surface area contributed by atoms with E-state index in [9.17, 15) is 22.8 Å². The van der Waals surface area contributed by atoms with Crippen molar-refractivity contribution < 1.29 is 37.0 Å². The van der Waals surface area contributed by atoms with Crippen molar-refractivity contribution in [2.24, 2.45) is 0 Å². The fourth-order valence-corrected chi connectivity index (χ4v) is 5.41. The third-order valence-corrected chi connectivity index (χ3v) is 7.45. The van der Waals surface area contributed by atoms with E-state index in [0.29, 0.717) is 45.1 Å². The van der Waals surface area contributed by atoms with Crippen LogP contribution < -0.4 is 15.0 Å². The van der Waals surface area contributed by atoms with Gasteiger partial charge in [-0.15, -0.1) is 0 Å². The molecule has 0 bridgehead atoms. The molecular weight excluding hydrogens is 575 g/mol. The lowest BCUT2D eigenvalue weighted by Crippen LogP contribution is -2.33. The number of halogens is 3. The Kier molecular flexibility index (Phi) is 6.97. The molecule has 0 radical (unpaired) electrons. The van der Waals surface area contributed by atoms with Gasteiger partial charge in [0.05, 0.1) is 11.1 Å². The molecular formula is C33H22F3N3O5. The summed E-state index contributed by atoms with van der Waals surface area (Å²) < 4.78 is 57.1. The number of likely N-dealkylation sites (N-methyl/N-ethyl adjacent to an activating group) is 1. The molecule has 0 amide bonds. The number of nitrogens with one attached hydrogen (secondary N) is 1. The minimum Gasteiger partial charge on any atom is -0.456 e. The second-order valence-electron chi connectivity index (χ2n) is 10.1. The van der Waals surface area contributed by atoms with Crippen molar-refractivity contribution in [1.82, 2.24) is 0 Å². The molecule has 8 nitrogen and oxygen atoms in total. The number of ether oxygens (including phenoxy) is 3. The number of benzene rings is 4. The number of nitrogens with zero attached hydrogens (tertiary/aromatic N) is 2. The summed E-state index contributed by atoms with van der Waals surface area (Å²) in [6, 6.07) is 24.1. The van der Waals surface area contributed by atoms with Crippen molar-refractivity contribution in [3.63, 3.8) is 0 Å². The first kappa shape index (κ1) is 28.4. The molecule has 6 rings (SSSR count). The van der Waals surface area contributed by atoms with Crippen LogP contribution in [0.25, 0.3) is 0 Å². The third kappa shape index (κ3) is 4.86. The second-order valence-corrected chi connectivity index (χ2v) is 10.1. The minimum absolute atomic E-state index is 0.141. The van der Waals surface area contributed by atoms with Gasteiger partial charge < -0.3 is 24.4 Å². The summed E-state index contributed by atoms with van der Waals surface area (Å²) in [6.07, 6.45) is -3.04. The highest BCUT2D eigenvalue weighted by atomic mass is 19.4. The highest BCUT2D eigenvalue weighted by molar-refractivity contribution is 5.97. The van der Waals surface area contributed by atoms with Gasteiger partial charge in [-0.2, -0.15) is 18.4 Å². The molecule has 44 heavy (non-hydrogen) atoms. The first-order chi connectivity index (χ1) is 21.1. The van der Waals surface area contributed by atoms with Crippen LogP contribution >= 0.6 is 0 Å². The summed E-state index contributed by atoms with van der Waals surface area (Å²) in [6.45, 7) is 0.416. The van der Waals surface area contributed by atoms with Gasteiger partial charge in [0, 0.05) is 53.4 Å². The van der Waals surface area contributed by atoms with Gasteiger partial charge in [0.1, 0.15) is 17.6 Å². The summed E-state index contributed by atoms with van der Waals surface area (Å²) in [5, 5.41) is 12.2. The summed E-state index contributed by atoms with van der Waals surface area (Å²) in [4.78, 5) is 25.6. The van der Waals surface area contributed by atoms with Crippen molar-refractivity contribution in [3.8, 4) is 17.6 Å². The molecule has 220 valence electrons. The Labute approximate surface area is 249 Å². The van der Waals surface area contributed by atoms with Crippen LogP contribution in [0, 0.1) is 11.3 Å². The van der Waals surface area contributed by atoms with E-state index in [1.807, 2.05) is 0 Å². The molecule has 1 atom stereocenters. The zero-order valence-corrected chi connectivity index (χ0v) is 23.0. The van der Waals surface area contributed by atoms with E-state index in [4.69, 9.17) is 14.7 Å². The highest BCUT2D eigenvalue weighted by Crippen LogP contribution is 2.57. The Bertz CT molecular complexity index is 1880. The predicted molar refractivity (Wildman–Crippen MR) is 154 cm³/mol. The van der Waals surface area contributed by atoms with Crippen LogP contribution in [0.1, 0.15) is 32.6 Å². The smallest absolute Gasteiger partial charge is 0.416 e. The average molecular weight is 598 g/mol. The number of anilines is 3. The lowest BCUT2D eigenvalue weighted by atomic mass is 9.77. The van der Waals surface area contributed by atoms with Crippen molar-refractivity contribution in [2.45, 2.75) is 11.8 Å². The van der Waals surface area contributed by atoms with E-state index in [0.717, 1.165) is 12.1 Å². The lowest BCUT2D eigenvalue weighted by molar-refractivity contribution is -0.137. The molecule has 0 saturated carbocycles. The van der Waals surface area contributed by atoms with Crippen LogP contribution in [-0.4, -0.2) is 26.0 Å². The number of nitriles is 1. The molecule has 0 aliphatic carbocycles. The van der Waals surface area contributed by atoms with Gasteiger partial charge in [0.15, 0.2) is 5.60 Å². The summed E-state index contributed by atoms with van der Waals surface area (Å²) >= 11 is 0. The monoisotopic (exact) mass is 597 g/mol. The number of hydrogen-bond donors (Lipinski definition) is 1. The van der Waals surface area contributed by atoms with E-state index in [1.165, 1.54) is 18.2 Å². The van der Waals surface area contributed by atoms with Crippen molar-refractivity contribution in [3.05, 3.63) is 125 Å². The van der Waals surface area contributed by atoms with Gasteiger partial charge in [0.25, 0.3) is 6.47 Å². The van der Waals surface area contributed by atoms with Gasteiger partial charge in [0.2, 0.25) is 5.76 Å². The second kappa shape index (κ2) is 10.8. The van der Waals surface area contributed by atoms with Gasteiger partial charge >= 0.3 is 12.1 Å². The Balaban J connectivity index is 1.43. The van der Waals surface area contributed by atoms with Crippen molar-refractivity contribution in [2.75, 3.05) is 23.8 Å². The van der Waals surface area contributed by atoms with Crippen LogP contribution in [0.5, 0.6) is 11.5 Å². The molecule has 0 fully saturated rings. The summed E-state index contributed by atoms with van der Waals surface area (Å²) in [5.74, 6) is 0.139. The van der Waals surface area contributed by atoms with E-state index in [2.05, 4.69) is 10.1 Å². The van der Waals surface area contributed by atoms with E-state index in [-0.39, 0.29) is 24.5 Å². The van der Waals surface area contributed by atoms with Gasteiger partial charge in [-0.25, -0.2) is 4.79 Å². The van der Waals surface area contributed by atoms with Crippen molar-refractivity contribution >= 4 is 29.5 Å². The number of carbonyl (C=O) groups is 2. The van der Waals surface area contributed by atoms with E-state index >= 15 is 0 Å². The molecule has 4 aromatic rings. The number of alkyl halides is 3. The number of hydrogen-bond acceptors (Lipinski definition) is 8. The Hall–Kier alpha value is -5.76. The number of esters is 1. The van der Waals surface area contributed by atoms with E-state index in [1.54, 1.807) is 78.7 Å². The standard InChI is InChI=1S/C33H22F3N3O5/c1-39(14-13-24(18-37)42-19-40)23-10-11-27-30(17-23)43-29-12-9-22(38-21-6-4-5-20(15-21)33(34,35)36)16-28(29)32(27)26-8-3-2-7-25(26)31(41)44-32/h2-13,15-17,19,38H,14H2,1H3. The van der Waals surface area contributed by atoms with E-state index < -0.39 is 23.3 Å². The highest BCUT2D eigenvalue weighted by Gasteiger charge is 2.53. The van der Waals surface area contributed by atoms with Crippen LogP contribution in [0.2, 0.25) is 0 Å². The fourth-order valence-electron chi connectivity index (χ4n) is 5.41. The normalized spacial score (nSPS) is 16.5.